The Balaban J connectivity index is 1.73. The highest BCUT2D eigenvalue weighted by molar-refractivity contribution is 7.89. The molecule has 1 aliphatic carbocycles. The maximum Gasteiger partial charge on any atom is 0.240 e. The molecule has 0 spiro atoms. The van der Waals surface area contributed by atoms with Crippen LogP contribution in [0.1, 0.15) is 36.8 Å². The lowest BCUT2D eigenvalue weighted by Gasteiger charge is -2.17. The molecule has 1 N–H and O–H groups in total. The van der Waals surface area contributed by atoms with Gasteiger partial charge in [-0.25, -0.2) is 13.1 Å². The second kappa shape index (κ2) is 5.84. The van der Waals surface area contributed by atoms with Gasteiger partial charge in [0.05, 0.1) is 11.0 Å². The first kappa shape index (κ1) is 14.0. The molecular formula is C15H21NO3S. The second-order valence-corrected chi connectivity index (χ2v) is 7.39. The molecule has 0 radical (unpaired) electrons. The number of sulfonamides is 1. The van der Waals surface area contributed by atoms with Gasteiger partial charge in [-0.15, -0.1) is 0 Å². The molecule has 4 nitrogen and oxygen atoms in total. The van der Waals surface area contributed by atoms with Crippen molar-refractivity contribution in [3.8, 4) is 0 Å². The molecule has 0 saturated carbocycles. The van der Waals surface area contributed by atoms with Gasteiger partial charge in [-0.2, -0.15) is 0 Å². The smallest absolute Gasteiger partial charge is 0.240 e. The van der Waals surface area contributed by atoms with Crippen LogP contribution in [0.3, 0.4) is 0 Å². The number of hydrogen-bond acceptors (Lipinski definition) is 3. The Morgan fingerprint density at radius 2 is 1.95 bits per heavy atom. The summed E-state index contributed by atoms with van der Waals surface area (Å²) < 4.78 is 32.7. The van der Waals surface area contributed by atoms with Gasteiger partial charge in [-0.3, -0.25) is 0 Å². The molecule has 0 amide bonds. The van der Waals surface area contributed by atoms with Crippen LogP contribution in [-0.2, 0) is 27.6 Å². The molecule has 0 bridgehead atoms. The Labute approximate surface area is 120 Å². The number of aryl methyl sites for hydroxylation is 2. The Hall–Kier alpha value is -0.910. The quantitative estimate of drug-likeness (QED) is 0.924. The minimum Gasteiger partial charge on any atom is -0.377 e. The number of rotatable bonds is 4. The van der Waals surface area contributed by atoms with Crippen molar-refractivity contribution >= 4 is 10.0 Å². The highest BCUT2D eigenvalue weighted by Gasteiger charge is 2.21. The fourth-order valence-corrected chi connectivity index (χ4v) is 4.08. The zero-order chi connectivity index (χ0) is 14.0. The number of ether oxygens (including phenoxy) is 1. The summed E-state index contributed by atoms with van der Waals surface area (Å²) in [5.41, 5.74) is 2.49. The van der Waals surface area contributed by atoms with E-state index in [2.05, 4.69) is 4.72 Å². The standard InChI is InChI=1S/C15H21NO3S/c17-20(18,16-11-14-6-3-9-19-14)15-8-7-12-4-1-2-5-13(12)10-15/h7-8,10,14,16H,1-6,9,11H2. The Bertz CT molecular complexity index is 577. The lowest BCUT2D eigenvalue weighted by atomic mass is 9.92. The highest BCUT2D eigenvalue weighted by Crippen LogP contribution is 2.24. The van der Waals surface area contributed by atoms with Crippen molar-refractivity contribution < 1.29 is 13.2 Å². The van der Waals surface area contributed by atoms with E-state index in [1.807, 2.05) is 12.1 Å². The molecule has 0 aromatic heterocycles. The van der Waals surface area contributed by atoms with Crippen LogP contribution in [0.15, 0.2) is 23.1 Å². The summed E-state index contributed by atoms with van der Waals surface area (Å²) in [6.07, 6.45) is 6.40. The summed E-state index contributed by atoms with van der Waals surface area (Å²) in [5, 5.41) is 0. The summed E-state index contributed by atoms with van der Waals surface area (Å²) >= 11 is 0. The summed E-state index contributed by atoms with van der Waals surface area (Å²) in [5.74, 6) is 0. The Morgan fingerprint density at radius 1 is 1.15 bits per heavy atom. The third kappa shape index (κ3) is 3.05. The van der Waals surface area contributed by atoms with Crippen LogP contribution in [0, 0.1) is 0 Å². The van der Waals surface area contributed by atoms with Gasteiger partial charge in [0.15, 0.2) is 0 Å². The summed E-state index contributed by atoms with van der Waals surface area (Å²) in [6.45, 7) is 1.12. The average molecular weight is 295 g/mol. The topological polar surface area (TPSA) is 55.4 Å². The molecule has 1 unspecified atom stereocenters. The van der Waals surface area contributed by atoms with Crippen molar-refractivity contribution in [2.24, 2.45) is 0 Å². The average Bonchev–Trinajstić information content (AvgIpc) is 2.98. The molecule has 1 fully saturated rings. The zero-order valence-corrected chi connectivity index (χ0v) is 12.4. The fourth-order valence-electron chi connectivity index (χ4n) is 2.97. The maximum absolute atomic E-state index is 12.3. The predicted molar refractivity (Wildman–Crippen MR) is 77.2 cm³/mol. The lowest BCUT2D eigenvalue weighted by Crippen LogP contribution is -2.32. The van der Waals surface area contributed by atoms with Gasteiger partial charge in [0, 0.05) is 13.2 Å². The van der Waals surface area contributed by atoms with E-state index in [0.717, 1.165) is 38.7 Å². The van der Waals surface area contributed by atoms with Gasteiger partial charge < -0.3 is 4.74 Å². The van der Waals surface area contributed by atoms with E-state index < -0.39 is 10.0 Å². The normalized spacial score (nSPS) is 22.7. The van der Waals surface area contributed by atoms with Gasteiger partial charge >= 0.3 is 0 Å². The summed E-state index contributed by atoms with van der Waals surface area (Å²) in [4.78, 5) is 0.385. The first-order valence-electron chi connectivity index (χ1n) is 7.38. The van der Waals surface area contributed by atoms with Crippen molar-refractivity contribution in [3.05, 3.63) is 29.3 Å². The molecular weight excluding hydrogens is 274 g/mol. The highest BCUT2D eigenvalue weighted by atomic mass is 32.2. The Kier molecular flexibility index (Phi) is 4.10. The molecule has 2 aliphatic rings. The third-order valence-electron chi connectivity index (χ3n) is 4.16. The van der Waals surface area contributed by atoms with Gasteiger partial charge in [0.2, 0.25) is 10.0 Å². The predicted octanol–water partition coefficient (Wildman–Crippen LogP) is 2.02. The van der Waals surface area contributed by atoms with E-state index >= 15 is 0 Å². The van der Waals surface area contributed by atoms with Crippen molar-refractivity contribution in [3.63, 3.8) is 0 Å². The fraction of sp³-hybridized carbons (Fsp3) is 0.600. The number of nitrogens with one attached hydrogen (secondary N) is 1. The third-order valence-corrected chi connectivity index (χ3v) is 5.58. The molecule has 1 heterocycles. The number of benzene rings is 1. The van der Waals surface area contributed by atoms with Crippen molar-refractivity contribution in [1.82, 2.24) is 4.72 Å². The molecule has 3 rings (SSSR count). The van der Waals surface area contributed by atoms with Crippen LogP contribution in [-0.4, -0.2) is 27.7 Å². The molecule has 1 aromatic carbocycles. The van der Waals surface area contributed by atoms with Gasteiger partial charge in [0.25, 0.3) is 0 Å². The lowest BCUT2D eigenvalue weighted by molar-refractivity contribution is 0.114. The molecule has 1 aliphatic heterocycles. The number of hydrogen-bond donors (Lipinski definition) is 1. The van der Waals surface area contributed by atoms with E-state index in [1.165, 1.54) is 17.5 Å². The monoisotopic (exact) mass is 295 g/mol. The summed E-state index contributed by atoms with van der Waals surface area (Å²) in [6, 6.07) is 5.53. The van der Waals surface area contributed by atoms with E-state index in [4.69, 9.17) is 4.74 Å². The van der Waals surface area contributed by atoms with E-state index in [-0.39, 0.29) is 6.10 Å². The van der Waals surface area contributed by atoms with Crippen molar-refractivity contribution in [2.75, 3.05) is 13.2 Å². The molecule has 1 saturated heterocycles. The van der Waals surface area contributed by atoms with Crippen LogP contribution in [0.25, 0.3) is 0 Å². The minimum absolute atomic E-state index is 0.0300. The first-order chi connectivity index (χ1) is 9.65. The van der Waals surface area contributed by atoms with E-state index in [1.54, 1.807) is 6.07 Å². The van der Waals surface area contributed by atoms with Crippen LogP contribution in [0.4, 0.5) is 0 Å². The summed E-state index contributed by atoms with van der Waals surface area (Å²) in [7, 11) is -3.41. The SMILES string of the molecule is O=S(=O)(NCC1CCCO1)c1ccc2c(c1)CCCC2. The van der Waals surface area contributed by atoms with Gasteiger partial charge in [-0.1, -0.05) is 6.07 Å². The first-order valence-corrected chi connectivity index (χ1v) is 8.86. The zero-order valence-electron chi connectivity index (χ0n) is 11.6. The largest absolute Gasteiger partial charge is 0.377 e. The van der Waals surface area contributed by atoms with E-state index in [9.17, 15) is 8.42 Å². The molecule has 1 atom stereocenters. The molecule has 110 valence electrons. The van der Waals surface area contributed by atoms with Gasteiger partial charge in [-0.05, 0) is 61.8 Å². The van der Waals surface area contributed by atoms with Crippen LogP contribution < -0.4 is 4.72 Å². The molecule has 1 aromatic rings. The van der Waals surface area contributed by atoms with Crippen LogP contribution in [0.2, 0.25) is 0 Å². The minimum atomic E-state index is -3.41. The van der Waals surface area contributed by atoms with Crippen molar-refractivity contribution in [2.45, 2.75) is 49.5 Å². The maximum atomic E-state index is 12.3. The van der Waals surface area contributed by atoms with Crippen LogP contribution in [0.5, 0.6) is 0 Å². The van der Waals surface area contributed by atoms with Gasteiger partial charge in [0.1, 0.15) is 0 Å². The number of fused-ring (bicyclic) bond motifs is 1. The Morgan fingerprint density at radius 3 is 2.70 bits per heavy atom. The van der Waals surface area contributed by atoms with E-state index in [0.29, 0.717) is 11.4 Å². The molecule has 5 heteroatoms. The van der Waals surface area contributed by atoms with Crippen molar-refractivity contribution in [1.29, 1.82) is 0 Å². The van der Waals surface area contributed by atoms with Crippen LogP contribution >= 0.6 is 0 Å². The molecule has 20 heavy (non-hydrogen) atoms. The second-order valence-electron chi connectivity index (χ2n) is 5.62.